The van der Waals surface area contributed by atoms with Gasteiger partial charge in [-0.15, -0.1) is 0 Å². The van der Waals surface area contributed by atoms with E-state index in [0.29, 0.717) is 0 Å². The molecule has 0 saturated carbocycles. The summed E-state index contributed by atoms with van der Waals surface area (Å²) < 4.78 is 19.1. The molecule has 6 nitrogen and oxygen atoms in total. The number of halogens is 1. The van der Waals surface area contributed by atoms with Crippen LogP contribution in [0.15, 0.2) is 66.9 Å². The second-order valence-electron chi connectivity index (χ2n) is 7.00. The van der Waals surface area contributed by atoms with Gasteiger partial charge in [-0.1, -0.05) is 48.5 Å². The highest BCUT2D eigenvalue weighted by Crippen LogP contribution is 2.44. The molecule has 1 heterocycles. The molecule has 0 fully saturated rings. The topological polar surface area (TPSA) is 88.5 Å². The Morgan fingerprint density at radius 1 is 1.03 bits per heavy atom. The van der Waals surface area contributed by atoms with Gasteiger partial charge in [0.1, 0.15) is 18.5 Å². The summed E-state index contributed by atoms with van der Waals surface area (Å²) in [5.41, 5.74) is 4.25. The van der Waals surface area contributed by atoms with Crippen LogP contribution in [-0.4, -0.2) is 34.8 Å². The Hall–Kier alpha value is -3.74. The van der Waals surface area contributed by atoms with Crippen LogP contribution < -0.4 is 5.32 Å². The van der Waals surface area contributed by atoms with Crippen LogP contribution in [-0.2, 0) is 16.0 Å². The van der Waals surface area contributed by atoms with Gasteiger partial charge in [0.15, 0.2) is 0 Å². The molecule has 0 spiro atoms. The molecule has 1 amide bonds. The van der Waals surface area contributed by atoms with E-state index in [1.165, 1.54) is 18.3 Å². The Balaban J connectivity index is 1.44. The minimum atomic E-state index is -1.36. The van der Waals surface area contributed by atoms with Gasteiger partial charge < -0.3 is 15.2 Å². The molecule has 4 rings (SSSR count). The lowest BCUT2D eigenvalue weighted by molar-refractivity contribution is -0.139. The molecule has 3 aromatic rings. The minimum Gasteiger partial charge on any atom is -0.480 e. The normalized spacial score (nSPS) is 13.2. The number of carboxylic acids is 1. The quantitative estimate of drug-likeness (QED) is 0.651. The van der Waals surface area contributed by atoms with Crippen molar-refractivity contribution >= 4 is 12.1 Å². The van der Waals surface area contributed by atoms with E-state index in [-0.39, 0.29) is 24.6 Å². The summed E-state index contributed by atoms with van der Waals surface area (Å²) >= 11 is 0. The van der Waals surface area contributed by atoms with E-state index in [2.05, 4.69) is 10.3 Å². The average molecular weight is 406 g/mol. The van der Waals surface area contributed by atoms with Crippen molar-refractivity contribution < 1.29 is 23.8 Å². The fourth-order valence-corrected chi connectivity index (χ4v) is 3.74. The number of hydrogen-bond donors (Lipinski definition) is 2. The van der Waals surface area contributed by atoms with Crippen LogP contribution in [0.2, 0.25) is 0 Å². The molecule has 2 aromatic carbocycles. The lowest BCUT2D eigenvalue weighted by atomic mass is 9.98. The number of nitrogens with zero attached hydrogens (tertiary/aromatic N) is 1. The van der Waals surface area contributed by atoms with Crippen LogP contribution >= 0.6 is 0 Å². The monoisotopic (exact) mass is 406 g/mol. The molecule has 0 radical (unpaired) electrons. The number of pyridine rings is 1. The highest BCUT2D eigenvalue weighted by Gasteiger charge is 2.30. The molecule has 152 valence electrons. The van der Waals surface area contributed by atoms with Crippen LogP contribution in [0.5, 0.6) is 0 Å². The Labute approximate surface area is 172 Å². The van der Waals surface area contributed by atoms with Crippen molar-refractivity contribution in [1.82, 2.24) is 10.3 Å². The van der Waals surface area contributed by atoms with Crippen molar-refractivity contribution in [3.05, 3.63) is 89.5 Å². The zero-order chi connectivity index (χ0) is 21.1. The molecule has 30 heavy (non-hydrogen) atoms. The van der Waals surface area contributed by atoms with E-state index in [1.54, 1.807) is 0 Å². The van der Waals surface area contributed by atoms with Crippen molar-refractivity contribution in [1.29, 1.82) is 0 Å². The van der Waals surface area contributed by atoms with Gasteiger partial charge in [0.25, 0.3) is 0 Å². The molecule has 0 unspecified atom stereocenters. The van der Waals surface area contributed by atoms with Gasteiger partial charge >= 0.3 is 12.1 Å². The van der Waals surface area contributed by atoms with E-state index in [0.717, 1.165) is 22.3 Å². The highest BCUT2D eigenvalue weighted by molar-refractivity contribution is 5.81. The number of fused-ring (bicyclic) bond motifs is 3. The number of nitrogens with one attached hydrogen (secondary N) is 1. The zero-order valence-electron chi connectivity index (χ0n) is 15.9. The Morgan fingerprint density at radius 3 is 2.27 bits per heavy atom. The third kappa shape index (κ3) is 3.87. The highest BCUT2D eigenvalue weighted by atomic mass is 19.1. The fourth-order valence-electron chi connectivity index (χ4n) is 3.74. The first-order chi connectivity index (χ1) is 14.5. The molecule has 1 atom stereocenters. The van der Waals surface area contributed by atoms with Crippen LogP contribution in [0.4, 0.5) is 9.18 Å². The number of carbonyl (C=O) groups excluding carboxylic acids is 1. The standard InChI is InChI=1S/C23H19FN2O4/c24-19-10-5-11-25-20(19)12-21(22(27)28)26-23(29)30-13-18-16-8-3-1-6-14(16)15-7-2-4-9-17(15)18/h1-11,18,21H,12-13H2,(H,26,29)(H,27,28)/t21-/m0/s1. The minimum absolute atomic E-state index is 0.0381. The van der Waals surface area contributed by atoms with Crippen molar-refractivity contribution in [2.45, 2.75) is 18.4 Å². The SMILES string of the molecule is O=C(N[C@@H](Cc1ncccc1F)C(=O)O)OCC1c2ccccc2-c2ccccc21. The number of alkyl carbamates (subject to hydrolysis) is 1. The lowest BCUT2D eigenvalue weighted by Crippen LogP contribution is -2.43. The maximum Gasteiger partial charge on any atom is 0.407 e. The molecule has 0 saturated heterocycles. The fraction of sp³-hybridized carbons (Fsp3) is 0.174. The van der Waals surface area contributed by atoms with E-state index in [4.69, 9.17) is 4.74 Å². The molecule has 2 N–H and O–H groups in total. The van der Waals surface area contributed by atoms with Gasteiger partial charge in [-0.2, -0.15) is 0 Å². The number of aliphatic carboxylic acids is 1. The predicted molar refractivity (Wildman–Crippen MR) is 108 cm³/mol. The average Bonchev–Trinajstić information content (AvgIpc) is 3.07. The van der Waals surface area contributed by atoms with Crippen molar-refractivity contribution in [2.24, 2.45) is 0 Å². The summed E-state index contributed by atoms with van der Waals surface area (Å²) in [6, 6.07) is 17.0. The van der Waals surface area contributed by atoms with E-state index in [1.807, 2.05) is 48.5 Å². The predicted octanol–water partition coefficient (Wildman–Crippen LogP) is 3.76. The van der Waals surface area contributed by atoms with Crippen molar-refractivity contribution in [3.63, 3.8) is 0 Å². The third-order valence-electron chi connectivity index (χ3n) is 5.17. The van der Waals surface area contributed by atoms with Gasteiger partial charge in [0, 0.05) is 18.5 Å². The largest absolute Gasteiger partial charge is 0.480 e. The number of aromatic nitrogens is 1. The number of amides is 1. The second-order valence-corrected chi connectivity index (χ2v) is 7.00. The summed E-state index contributed by atoms with van der Waals surface area (Å²) in [6.07, 6.45) is 0.206. The molecule has 1 aromatic heterocycles. The molecule has 0 aliphatic heterocycles. The number of carboxylic acid groups (broad SMARTS) is 1. The smallest absolute Gasteiger partial charge is 0.407 e. The first-order valence-corrected chi connectivity index (χ1v) is 9.48. The molecule has 0 bridgehead atoms. The maximum absolute atomic E-state index is 13.8. The van der Waals surface area contributed by atoms with E-state index < -0.39 is 23.9 Å². The van der Waals surface area contributed by atoms with Crippen molar-refractivity contribution in [3.8, 4) is 11.1 Å². The van der Waals surface area contributed by atoms with Crippen LogP contribution in [0.3, 0.4) is 0 Å². The van der Waals surface area contributed by atoms with Gasteiger partial charge in [-0.05, 0) is 34.4 Å². The Bertz CT molecular complexity index is 1060. The first kappa shape index (κ1) is 19.6. The summed E-state index contributed by atoms with van der Waals surface area (Å²) in [7, 11) is 0. The lowest BCUT2D eigenvalue weighted by Gasteiger charge is -2.17. The number of benzene rings is 2. The summed E-state index contributed by atoms with van der Waals surface area (Å²) in [6.45, 7) is 0.0597. The first-order valence-electron chi connectivity index (χ1n) is 9.48. The van der Waals surface area contributed by atoms with E-state index in [9.17, 15) is 19.1 Å². The van der Waals surface area contributed by atoms with Crippen LogP contribution in [0.1, 0.15) is 22.7 Å². The van der Waals surface area contributed by atoms with Crippen LogP contribution in [0.25, 0.3) is 11.1 Å². The molecule has 1 aliphatic rings. The molecular formula is C23H19FN2O4. The van der Waals surface area contributed by atoms with Crippen molar-refractivity contribution in [2.75, 3.05) is 6.61 Å². The number of rotatable bonds is 6. The second kappa shape index (κ2) is 8.32. The van der Waals surface area contributed by atoms with Gasteiger partial charge in [0.2, 0.25) is 0 Å². The van der Waals surface area contributed by atoms with Crippen LogP contribution in [0, 0.1) is 5.82 Å². The Morgan fingerprint density at radius 2 is 1.67 bits per heavy atom. The molecule has 1 aliphatic carbocycles. The number of ether oxygens (including phenoxy) is 1. The van der Waals surface area contributed by atoms with E-state index >= 15 is 0 Å². The van der Waals surface area contributed by atoms with Gasteiger partial charge in [-0.3, -0.25) is 4.98 Å². The number of hydrogen-bond acceptors (Lipinski definition) is 4. The Kier molecular flexibility index (Phi) is 5.43. The zero-order valence-corrected chi connectivity index (χ0v) is 15.9. The maximum atomic E-state index is 13.8. The van der Waals surface area contributed by atoms with Gasteiger partial charge in [0.05, 0.1) is 5.69 Å². The number of carbonyl (C=O) groups is 2. The summed E-state index contributed by atoms with van der Waals surface area (Å²) in [5.74, 6) is -2.06. The third-order valence-corrected chi connectivity index (χ3v) is 5.17. The molecular weight excluding hydrogens is 387 g/mol. The summed E-state index contributed by atoms with van der Waals surface area (Å²) in [5, 5.41) is 11.7. The van der Waals surface area contributed by atoms with Gasteiger partial charge in [-0.25, -0.2) is 14.0 Å². The molecule has 7 heteroatoms. The summed E-state index contributed by atoms with van der Waals surface area (Å²) in [4.78, 5) is 27.7.